The highest BCUT2D eigenvalue weighted by Crippen LogP contribution is 2.20. The molecular weight excluding hydrogens is 206 g/mol. The topological polar surface area (TPSA) is 41.1 Å². The lowest BCUT2D eigenvalue weighted by Gasteiger charge is -2.19. The zero-order valence-corrected chi connectivity index (χ0v) is 9.71. The van der Waals surface area contributed by atoms with Crippen LogP contribution in [0.1, 0.15) is 12.8 Å². The molecule has 1 N–H and O–H groups in total. The van der Waals surface area contributed by atoms with Crippen LogP contribution in [0.5, 0.6) is 0 Å². The maximum atomic E-state index is 5.45. The highest BCUT2D eigenvalue weighted by molar-refractivity contribution is 7.13. The zero-order valence-electron chi connectivity index (χ0n) is 8.56. The van der Waals surface area contributed by atoms with Crippen molar-refractivity contribution in [3.63, 3.8) is 0 Å². The first-order chi connectivity index (χ1) is 7.25. The molecule has 0 aromatic carbocycles. The van der Waals surface area contributed by atoms with Crippen LogP contribution in [-0.4, -0.2) is 41.6 Å². The summed E-state index contributed by atoms with van der Waals surface area (Å²) in [5.41, 5.74) is 0.453. The standard InChI is InChI=1S/C9H14BN4P/c10-8-5-13-9(6-11-8)12-4-7-2-1-3-14(7)15/h5-7H,1-4,15H2,(H,12,13). The van der Waals surface area contributed by atoms with Crippen LogP contribution in [0.3, 0.4) is 0 Å². The van der Waals surface area contributed by atoms with Crippen molar-refractivity contribution >= 4 is 28.6 Å². The molecule has 2 radical (unpaired) electrons. The lowest BCUT2D eigenvalue weighted by atomic mass is 10.1. The number of nitrogens with one attached hydrogen (secondary N) is 1. The lowest BCUT2D eigenvalue weighted by molar-refractivity contribution is 0.451. The normalized spacial score (nSPS) is 21.8. The molecule has 1 saturated heterocycles. The summed E-state index contributed by atoms with van der Waals surface area (Å²) in [5, 5.41) is 3.26. The summed E-state index contributed by atoms with van der Waals surface area (Å²) in [6, 6.07) is 0.578. The Bertz CT molecular complexity index is 318. The van der Waals surface area contributed by atoms with Crippen molar-refractivity contribution in [2.75, 3.05) is 18.4 Å². The first-order valence-corrected chi connectivity index (χ1v) is 5.60. The van der Waals surface area contributed by atoms with Crippen molar-refractivity contribution in [3.8, 4) is 0 Å². The molecule has 2 heterocycles. The summed E-state index contributed by atoms with van der Waals surface area (Å²) in [6.45, 7) is 2.06. The molecule has 78 valence electrons. The fourth-order valence-corrected chi connectivity index (χ4v) is 2.17. The molecule has 1 fully saturated rings. The summed E-state index contributed by atoms with van der Waals surface area (Å²) in [7, 11) is 8.22. The number of nitrogens with zero attached hydrogens (tertiary/aromatic N) is 3. The maximum absolute atomic E-state index is 5.45. The van der Waals surface area contributed by atoms with Gasteiger partial charge in [0.2, 0.25) is 0 Å². The van der Waals surface area contributed by atoms with Crippen LogP contribution >= 0.6 is 9.39 Å². The molecule has 2 atom stereocenters. The van der Waals surface area contributed by atoms with E-state index in [0.717, 1.165) is 18.9 Å². The molecule has 1 aliphatic heterocycles. The van der Waals surface area contributed by atoms with Gasteiger partial charge in [0.15, 0.2) is 0 Å². The van der Waals surface area contributed by atoms with Gasteiger partial charge in [-0.3, -0.25) is 9.65 Å². The minimum Gasteiger partial charge on any atom is -0.367 e. The van der Waals surface area contributed by atoms with Crippen molar-refractivity contribution in [2.24, 2.45) is 0 Å². The van der Waals surface area contributed by atoms with Crippen molar-refractivity contribution in [1.29, 1.82) is 0 Å². The molecule has 2 rings (SSSR count). The van der Waals surface area contributed by atoms with Gasteiger partial charge < -0.3 is 5.32 Å². The Hall–Kier alpha value is -0.665. The third-order valence-corrected chi connectivity index (χ3v) is 3.29. The largest absolute Gasteiger partial charge is 0.367 e. The van der Waals surface area contributed by atoms with Crippen LogP contribution in [0.2, 0.25) is 0 Å². The average Bonchev–Trinajstić information content (AvgIpc) is 2.63. The van der Waals surface area contributed by atoms with Crippen LogP contribution in [0.4, 0.5) is 5.82 Å². The fourth-order valence-electron chi connectivity index (χ4n) is 1.73. The number of aromatic nitrogens is 2. The summed E-state index contributed by atoms with van der Waals surface area (Å²) in [5.74, 6) is 0.787. The molecular formula is C9H14BN4P. The fraction of sp³-hybridized carbons (Fsp3) is 0.556. The average molecular weight is 220 g/mol. The second-order valence-electron chi connectivity index (χ2n) is 3.74. The van der Waals surface area contributed by atoms with Crippen LogP contribution < -0.4 is 10.9 Å². The van der Waals surface area contributed by atoms with Crippen LogP contribution in [0.25, 0.3) is 0 Å². The van der Waals surface area contributed by atoms with Gasteiger partial charge in [-0.2, -0.15) is 0 Å². The molecule has 0 bridgehead atoms. The first kappa shape index (κ1) is 10.8. The Morgan fingerprint density at radius 1 is 1.53 bits per heavy atom. The van der Waals surface area contributed by atoms with Gasteiger partial charge in [0.1, 0.15) is 13.7 Å². The first-order valence-electron chi connectivity index (χ1n) is 5.08. The van der Waals surface area contributed by atoms with E-state index in [4.69, 9.17) is 7.85 Å². The van der Waals surface area contributed by atoms with E-state index >= 15 is 0 Å². The number of hydrogen-bond donors (Lipinski definition) is 1. The van der Waals surface area contributed by atoms with E-state index in [1.54, 1.807) is 12.4 Å². The van der Waals surface area contributed by atoms with E-state index in [1.165, 1.54) is 12.8 Å². The second kappa shape index (κ2) is 4.91. The smallest absolute Gasteiger partial charge is 0.144 e. The Balaban J connectivity index is 1.85. The monoisotopic (exact) mass is 220 g/mol. The van der Waals surface area contributed by atoms with Gasteiger partial charge in [0.25, 0.3) is 0 Å². The van der Waals surface area contributed by atoms with Crippen LogP contribution in [0.15, 0.2) is 12.4 Å². The number of anilines is 1. The molecule has 15 heavy (non-hydrogen) atoms. The second-order valence-corrected chi connectivity index (χ2v) is 4.40. The Morgan fingerprint density at radius 3 is 3.00 bits per heavy atom. The Kier molecular flexibility index (Phi) is 3.55. The molecule has 0 aliphatic carbocycles. The Morgan fingerprint density at radius 2 is 2.40 bits per heavy atom. The van der Waals surface area contributed by atoms with Gasteiger partial charge in [-0.05, 0) is 12.8 Å². The van der Waals surface area contributed by atoms with Crippen LogP contribution in [-0.2, 0) is 0 Å². The highest BCUT2D eigenvalue weighted by Gasteiger charge is 2.20. The third kappa shape index (κ3) is 2.89. The van der Waals surface area contributed by atoms with Crippen molar-refractivity contribution < 1.29 is 0 Å². The molecule has 4 nitrogen and oxygen atoms in total. The molecule has 6 heteroatoms. The van der Waals surface area contributed by atoms with Gasteiger partial charge in [-0.1, -0.05) is 9.39 Å². The van der Waals surface area contributed by atoms with Gasteiger partial charge in [-0.15, -0.1) is 0 Å². The van der Waals surface area contributed by atoms with E-state index in [-0.39, 0.29) is 0 Å². The van der Waals surface area contributed by atoms with E-state index < -0.39 is 0 Å². The molecule has 1 aromatic rings. The molecule has 0 saturated carbocycles. The van der Waals surface area contributed by atoms with Crippen molar-refractivity contribution in [2.45, 2.75) is 18.9 Å². The zero-order chi connectivity index (χ0) is 10.7. The lowest BCUT2D eigenvalue weighted by Crippen LogP contribution is -2.28. The van der Waals surface area contributed by atoms with Gasteiger partial charge in [-0.25, -0.2) is 4.98 Å². The summed E-state index contributed by atoms with van der Waals surface area (Å²) in [6.07, 6.45) is 5.73. The maximum Gasteiger partial charge on any atom is 0.144 e. The number of rotatable bonds is 3. The van der Waals surface area contributed by atoms with E-state index in [1.807, 2.05) is 0 Å². The van der Waals surface area contributed by atoms with E-state index in [0.29, 0.717) is 11.6 Å². The third-order valence-electron chi connectivity index (χ3n) is 2.61. The Labute approximate surface area is 93.5 Å². The predicted molar refractivity (Wildman–Crippen MR) is 65.3 cm³/mol. The van der Waals surface area contributed by atoms with Crippen LogP contribution in [0, 0.1) is 0 Å². The highest BCUT2D eigenvalue weighted by atomic mass is 31.0. The predicted octanol–water partition coefficient (Wildman–Crippen LogP) is -0.0632. The molecule has 2 unspecified atom stereocenters. The summed E-state index contributed by atoms with van der Waals surface area (Å²) < 4.78 is 2.29. The van der Waals surface area contributed by atoms with Crippen molar-refractivity contribution in [1.82, 2.24) is 14.6 Å². The van der Waals surface area contributed by atoms with Gasteiger partial charge in [0, 0.05) is 30.9 Å². The van der Waals surface area contributed by atoms with Crippen molar-refractivity contribution in [3.05, 3.63) is 12.4 Å². The minimum absolute atomic E-state index is 0.453. The van der Waals surface area contributed by atoms with Gasteiger partial charge in [0.05, 0.1) is 6.20 Å². The quantitative estimate of drug-likeness (QED) is 0.572. The number of hydrogen-bond acceptors (Lipinski definition) is 4. The molecule has 1 aliphatic rings. The van der Waals surface area contributed by atoms with E-state index in [2.05, 4.69) is 29.3 Å². The molecule has 1 aromatic heterocycles. The van der Waals surface area contributed by atoms with E-state index in [9.17, 15) is 0 Å². The SMILES string of the molecule is [B]c1cnc(NCC2CCCN2P)cn1. The summed E-state index contributed by atoms with van der Waals surface area (Å²) in [4.78, 5) is 8.12. The molecule has 0 spiro atoms. The summed E-state index contributed by atoms with van der Waals surface area (Å²) >= 11 is 0. The van der Waals surface area contributed by atoms with Gasteiger partial charge >= 0.3 is 0 Å². The molecule has 0 amide bonds. The minimum atomic E-state index is 0.453.